The Hall–Kier alpha value is -2.81. The number of ether oxygens (including phenoxy) is 1. The zero-order valence-corrected chi connectivity index (χ0v) is 12.7. The van der Waals surface area contributed by atoms with Gasteiger partial charge in [0.1, 0.15) is 5.75 Å². The van der Waals surface area contributed by atoms with Crippen LogP contribution in [-0.4, -0.2) is 12.0 Å². The second-order valence-corrected chi connectivity index (χ2v) is 5.16. The minimum absolute atomic E-state index is 0.599. The molecule has 0 spiro atoms. The molecule has 3 rings (SSSR count). The first kappa shape index (κ1) is 14.1. The van der Waals surface area contributed by atoms with E-state index in [1.54, 1.807) is 6.20 Å². The van der Waals surface area contributed by atoms with Crippen LogP contribution in [0.1, 0.15) is 5.56 Å². The zero-order chi connectivity index (χ0) is 15.4. The van der Waals surface area contributed by atoms with Gasteiger partial charge >= 0.3 is 0 Å². The molecular weight excluding hydrogens is 272 g/mol. The smallest absolute Gasteiger partial charge is 0.219 e. The molecule has 0 saturated carbocycles. The Morgan fingerprint density at radius 2 is 1.45 bits per heavy atom. The predicted octanol–water partition coefficient (Wildman–Crippen LogP) is 4.95. The molecule has 1 heterocycles. The van der Waals surface area contributed by atoms with Crippen molar-refractivity contribution in [3.63, 3.8) is 0 Å². The van der Waals surface area contributed by atoms with Crippen LogP contribution >= 0.6 is 0 Å². The van der Waals surface area contributed by atoms with Crippen LogP contribution in [-0.2, 0) is 0 Å². The van der Waals surface area contributed by atoms with E-state index in [2.05, 4.69) is 48.1 Å². The molecule has 0 aliphatic carbocycles. The van der Waals surface area contributed by atoms with E-state index in [1.807, 2.05) is 42.5 Å². The Morgan fingerprint density at radius 1 is 0.818 bits per heavy atom. The second kappa shape index (κ2) is 6.31. The minimum Gasteiger partial charge on any atom is -0.439 e. The van der Waals surface area contributed by atoms with Crippen LogP contribution < -0.4 is 9.64 Å². The summed E-state index contributed by atoms with van der Waals surface area (Å²) in [6, 6.07) is 22.1. The van der Waals surface area contributed by atoms with Crippen molar-refractivity contribution in [3.8, 4) is 11.6 Å². The molecule has 22 heavy (non-hydrogen) atoms. The van der Waals surface area contributed by atoms with Gasteiger partial charge in [0, 0.05) is 30.7 Å². The number of aryl methyl sites for hydroxylation is 1. The van der Waals surface area contributed by atoms with Gasteiger partial charge in [0.2, 0.25) is 5.88 Å². The van der Waals surface area contributed by atoms with E-state index >= 15 is 0 Å². The van der Waals surface area contributed by atoms with Crippen LogP contribution in [0.15, 0.2) is 72.9 Å². The van der Waals surface area contributed by atoms with Gasteiger partial charge in [-0.25, -0.2) is 4.98 Å². The first-order valence-corrected chi connectivity index (χ1v) is 7.22. The molecule has 0 aliphatic rings. The average Bonchev–Trinajstić information content (AvgIpc) is 2.57. The van der Waals surface area contributed by atoms with Crippen molar-refractivity contribution in [2.45, 2.75) is 6.92 Å². The van der Waals surface area contributed by atoms with E-state index in [-0.39, 0.29) is 0 Å². The van der Waals surface area contributed by atoms with E-state index in [9.17, 15) is 0 Å². The van der Waals surface area contributed by atoms with E-state index in [4.69, 9.17) is 4.74 Å². The average molecular weight is 290 g/mol. The van der Waals surface area contributed by atoms with Crippen molar-refractivity contribution < 1.29 is 4.74 Å². The summed E-state index contributed by atoms with van der Waals surface area (Å²) >= 11 is 0. The number of aromatic nitrogens is 1. The molecule has 3 heteroatoms. The van der Waals surface area contributed by atoms with Crippen LogP contribution in [0, 0.1) is 6.92 Å². The van der Waals surface area contributed by atoms with E-state index < -0.39 is 0 Å². The summed E-state index contributed by atoms with van der Waals surface area (Å²) in [4.78, 5) is 6.30. The Kier molecular flexibility index (Phi) is 4.05. The summed E-state index contributed by atoms with van der Waals surface area (Å²) in [7, 11) is 2.05. The number of pyridine rings is 1. The lowest BCUT2D eigenvalue weighted by atomic mass is 10.2. The van der Waals surface area contributed by atoms with Gasteiger partial charge in [0.25, 0.3) is 0 Å². The van der Waals surface area contributed by atoms with Gasteiger partial charge in [-0.1, -0.05) is 23.8 Å². The molecule has 0 aliphatic heterocycles. The Labute approximate surface area is 130 Å². The summed E-state index contributed by atoms with van der Waals surface area (Å²) in [5.74, 6) is 1.38. The monoisotopic (exact) mass is 290 g/mol. The normalized spacial score (nSPS) is 10.3. The molecule has 3 nitrogen and oxygen atoms in total. The van der Waals surface area contributed by atoms with Gasteiger partial charge in [-0.3, -0.25) is 0 Å². The van der Waals surface area contributed by atoms with Crippen LogP contribution in [0.2, 0.25) is 0 Å². The van der Waals surface area contributed by atoms with Crippen LogP contribution in [0.5, 0.6) is 11.6 Å². The van der Waals surface area contributed by atoms with Crippen LogP contribution in [0.3, 0.4) is 0 Å². The lowest BCUT2D eigenvalue weighted by Gasteiger charge is -2.20. The van der Waals surface area contributed by atoms with Crippen molar-refractivity contribution in [1.82, 2.24) is 4.98 Å². The minimum atomic E-state index is 0.599. The first-order chi connectivity index (χ1) is 10.7. The lowest BCUT2D eigenvalue weighted by Crippen LogP contribution is -2.08. The summed E-state index contributed by atoms with van der Waals surface area (Å²) in [6.07, 6.45) is 1.72. The number of anilines is 2. The SMILES string of the molecule is Cc1ccc(N(C)c2ccc(Oc3ccccn3)cc2)cc1. The molecule has 3 aromatic rings. The lowest BCUT2D eigenvalue weighted by molar-refractivity contribution is 0.463. The molecule has 0 atom stereocenters. The standard InChI is InChI=1S/C19H18N2O/c1-15-6-8-16(9-7-15)21(2)17-10-12-18(13-11-17)22-19-5-3-4-14-20-19/h3-14H,1-2H3. The van der Waals surface area contributed by atoms with Crippen molar-refractivity contribution in [2.75, 3.05) is 11.9 Å². The molecule has 0 amide bonds. The maximum absolute atomic E-state index is 5.70. The molecule has 0 N–H and O–H groups in total. The zero-order valence-electron chi connectivity index (χ0n) is 12.7. The Balaban J connectivity index is 1.75. The summed E-state index contributed by atoms with van der Waals surface area (Å²) in [5.41, 5.74) is 3.53. The number of hydrogen-bond donors (Lipinski definition) is 0. The van der Waals surface area contributed by atoms with Crippen molar-refractivity contribution >= 4 is 11.4 Å². The van der Waals surface area contributed by atoms with Gasteiger partial charge in [-0.05, 0) is 49.4 Å². The predicted molar refractivity (Wildman–Crippen MR) is 90.0 cm³/mol. The van der Waals surface area contributed by atoms with E-state index in [0.717, 1.165) is 17.1 Å². The molecule has 0 radical (unpaired) electrons. The molecule has 1 aromatic heterocycles. The molecule has 0 saturated heterocycles. The molecule has 0 bridgehead atoms. The van der Waals surface area contributed by atoms with E-state index in [1.165, 1.54) is 5.56 Å². The molecule has 2 aromatic carbocycles. The molecule has 0 fully saturated rings. The van der Waals surface area contributed by atoms with Crippen LogP contribution in [0.25, 0.3) is 0 Å². The maximum atomic E-state index is 5.70. The van der Waals surface area contributed by atoms with Gasteiger partial charge in [-0.2, -0.15) is 0 Å². The molecule has 0 unspecified atom stereocenters. The highest BCUT2D eigenvalue weighted by Gasteiger charge is 2.04. The number of hydrogen-bond acceptors (Lipinski definition) is 3. The largest absolute Gasteiger partial charge is 0.439 e. The van der Waals surface area contributed by atoms with E-state index in [0.29, 0.717) is 5.88 Å². The van der Waals surface area contributed by atoms with Gasteiger partial charge in [0.05, 0.1) is 0 Å². The fraction of sp³-hybridized carbons (Fsp3) is 0.105. The number of benzene rings is 2. The fourth-order valence-corrected chi connectivity index (χ4v) is 2.18. The number of rotatable bonds is 4. The van der Waals surface area contributed by atoms with Gasteiger partial charge in [0.15, 0.2) is 0 Å². The van der Waals surface area contributed by atoms with Crippen molar-refractivity contribution in [2.24, 2.45) is 0 Å². The van der Waals surface area contributed by atoms with Crippen molar-refractivity contribution in [1.29, 1.82) is 0 Å². The Morgan fingerprint density at radius 3 is 2.05 bits per heavy atom. The highest BCUT2D eigenvalue weighted by Crippen LogP contribution is 2.27. The Bertz CT molecular complexity index is 722. The third-order valence-electron chi connectivity index (χ3n) is 3.51. The van der Waals surface area contributed by atoms with Gasteiger partial charge < -0.3 is 9.64 Å². The summed E-state index contributed by atoms with van der Waals surface area (Å²) in [5, 5.41) is 0. The van der Waals surface area contributed by atoms with Crippen molar-refractivity contribution in [3.05, 3.63) is 78.5 Å². The molecule has 110 valence electrons. The maximum Gasteiger partial charge on any atom is 0.219 e. The topological polar surface area (TPSA) is 25.4 Å². The van der Waals surface area contributed by atoms with Crippen LogP contribution in [0.4, 0.5) is 11.4 Å². The third kappa shape index (κ3) is 3.26. The highest BCUT2D eigenvalue weighted by molar-refractivity contribution is 5.63. The quantitative estimate of drug-likeness (QED) is 0.679. The van der Waals surface area contributed by atoms with Gasteiger partial charge in [-0.15, -0.1) is 0 Å². The highest BCUT2D eigenvalue weighted by atomic mass is 16.5. The second-order valence-electron chi connectivity index (χ2n) is 5.16. The first-order valence-electron chi connectivity index (χ1n) is 7.22. The summed E-state index contributed by atoms with van der Waals surface area (Å²) < 4.78 is 5.70. The summed E-state index contributed by atoms with van der Waals surface area (Å²) in [6.45, 7) is 2.09. The fourth-order valence-electron chi connectivity index (χ4n) is 2.18. The third-order valence-corrected chi connectivity index (χ3v) is 3.51. The molecular formula is C19H18N2O. The number of nitrogens with zero attached hydrogens (tertiary/aromatic N) is 2.